The number of ether oxygens (including phenoxy) is 3. The Morgan fingerprint density at radius 3 is 2.90 bits per heavy atom. The average Bonchev–Trinajstić information content (AvgIpc) is 2.89. The molecule has 1 spiro atoms. The van der Waals surface area contributed by atoms with Crippen molar-refractivity contribution >= 4 is 11.9 Å². The number of likely N-dealkylation sites (tertiary alicyclic amines) is 1. The van der Waals surface area contributed by atoms with Crippen molar-refractivity contribution in [1.82, 2.24) is 4.90 Å². The highest BCUT2D eigenvalue weighted by Gasteiger charge is 2.47. The van der Waals surface area contributed by atoms with Gasteiger partial charge in [-0.15, -0.1) is 0 Å². The molecule has 1 aromatic carbocycles. The van der Waals surface area contributed by atoms with Gasteiger partial charge in [-0.2, -0.15) is 0 Å². The lowest BCUT2D eigenvalue weighted by Gasteiger charge is -2.34. The second-order valence-corrected chi connectivity index (χ2v) is 5.39. The van der Waals surface area contributed by atoms with E-state index in [4.69, 9.17) is 14.2 Å². The summed E-state index contributed by atoms with van der Waals surface area (Å²) in [5, 5.41) is 0. The molecule has 1 saturated heterocycles. The van der Waals surface area contributed by atoms with Crippen LogP contribution in [0.5, 0.6) is 11.5 Å². The van der Waals surface area contributed by atoms with E-state index in [0.717, 1.165) is 0 Å². The number of benzene rings is 1. The van der Waals surface area contributed by atoms with Gasteiger partial charge in [-0.3, -0.25) is 4.79 Å². The molecule has 112 valence electrons. The number of rotatable bonds is 1. The van der Waals surface area contributed by atoms with E-state index in [9.17, 15) is 9.59 Å². The van der Waals surface area contributed by atoms with Crippen LogP contribution in [-0.2, 0) is 4.74 Å². The van der Waals surface area contributed by atoms with Crippen molar-refractivity contribution in [2.75, 3.05) is 27.3 Å². The monoisotopic (exact) mass is 291 g/mol. The first-order valence-corrected chi connectivity index (χ1v) is 6.80. The molecule has 3 rings (SSSR count). The van der Waals surface area contributed by atoms with Crippen LogP contribution < -0.4 is 9.47 Å². The summed E-state index contributed by atoms with van der Waals surface area (Å²) in [5.74, 6) is 1.20. The Hall–Kier alpha value is -2.24. The lowest BCUT2D eigenvalue weighted by atomic mass is 9.89. The number of hydrogen-bond donors (Lipinski definition) is 0. The number of nitrogens with zero attached hydrogens (tertiary/aromatic N) is 1. The van der Waals surface area contributed by atoms with Crippen LogP contribution >= 0.6 is 0 Å². The molecule has 1 aromatic rings. The van der Waals surface area contributed by atoms with Crippen molar-refractivity contribution in [3.63, 3.8) is 0 Å². The predicted octanol–water partition coefficient (Wildman–Crippen LogP) is 1.87. The van der Waals surface area contributed by atoms with Crippen LogP contribution in [0.25, 0.3) is 0 Å². The summed E-state index contributed by atoms with van der Waals surface area (Å²) in [7, 11) is 2.91. The van der Waals surface area contributed by atoms with Gasteiger partial charge in [0.15, 0.2) is 5.78 Å². The molecule has 0 aliphatic carbocycles. The fourth-order valence-electron chi connectivity index (χ4n) is 2.96. The van der Waals surface area contributed by atoms with E-state index < -0.39 is 5.60 Å². The van der Waals surface area contributed by atoms with Gasteiger partial charge in [-0.05, 0) is 18.2 Å². The fourth-order valence-corrected chi connectivity index (χ4v) is 2.96. The third kappa shape index (κ3) is 2.30. The zero-order valence-electron chi connectivity index (χ0n) is 12.0. The van der Waals surface area contributed by atoms with E-state index >= 15 is 0 Å². The maximum Gasteiger partial charge on any atom is 0.409 e. The minimum Gasteiger partial charge on any atom is -0.497 e. The Balaban J connectivity index is 1.86. The summed E-state index contributed by atoms with van der Waals surface area (Å²) in [6.07, 6.45) is 0.503. The summed E-state index contributed by atoms with van der Waals surface area (Å²) in [6, 6.07) is 5.20. The molecule has 21 heavy (non-hydrogen) atoms. The van der Waals surface area contributed by atoms with E-state index in [1.54, 1.807) is 30.2 Å². The number of carbonyl (C=O) groups excluding carboxylic acids is 2. The summed E-state index contributed by atoms with van der Waals surface area (Å²) >= 11 is 0. The van der Waals surface area contributed by atoms with Gasteiger partial charge in [0.1, 0.15) is 17.1 Å². The predicted molar refractivity (Wildman–Crippen MR) is 73.9 cm³/mol. The lowest BCUT2D eigenvalue weighted by molar-refractivity contribution is 0.0445. The molecule has 1 amide bonds. The SMILES string of the molecule is COC(=O)N1CCC2(CC(=O)c3cc(OC)ccc3O2)C1. The normalized spacial score (nSPS) is 23.7. The Bertz CT molecular complexity index is 600. The van der Waals surface area contributed by atoms with Crippen LogP contribution in [0.3, 0.4) is 0 Å². The zero-order valence-corrected chi connectivity index (χ0v) is 12.0. The van der Waals surface area contributed by atoms with Crippen LogP contribution in [0.15, 0.2) is 18.2 Å². The van der Waals surface area contributed by atoms with Crippen LogP contribution in [0.2, 0.25) is 0 Å². The lowest BCUT2D eigenvalue weighted by Crippen LogP contribution is -2.45. The molecule has 0 N–H and O–H groups in total. The minimum absolute atomic E-state index is 0.0156. The van der Waals surface area contributed by atoms with Crippen LogP contribution in [-0.4, -0.2) is 49.7 Å². The van der Waals surface area contributed by atoms with Gasteiger partial charge in [0, 0.05) is 13.0 Å². The maximum atomic E-state index is 12.4. The molecular formula is C15H17NO5. The van der Waals surface area contributed by atoms with Crippen LogP contribution in [0.1, 0.15) is 23.2 Å². The van der Waals surface area contributed by atoms with E-state index in [1.807, 2.05) is 0 Å². The van der Waals surface area contributed by atoms with Gasteiger partial charge in [-0.1, -0.05) is 0 Å². The van der Waals surface area contributed by atoms with Crippen LogP contribution in [0, 0.1) is 0 Å². The van der Waals surface area contributed by atoms with Crippen molar-refractivity contribution in [1.29, 1.82) is 0 Å². The Morgan fingerprint density at radius 1 is 1.38 bits per heavy atom. The first kappa shape index (κ1) is 13.7. The van der Waals surface area contributed by atoms with Crippen molar-refractivity contribution in [3.8, 4) is 11.5 Å². The van der Waals surface area contributed by atoms with Gasteiger partial charge in [-0.25, -0.2) is 4.79 Å². The van der Waals surface area contributed by atoms with E-state index in [2.05, 4.69) is 0 Å². The van der Waals surface area contributed by atoms with E-state index in [-0.39, 0.29) is 18.3 Å². The van der Waals surface area contributed by atoms with Gasteiger partial charge in [0.2, 0.25) is 0 Å². The standard InChI is InChI=1S/C15H17NO5/c1-19-10-3-4-13-11(7-10)12(17)8-15(21-13)5-6-16(9-15)14(18)20-2/h3-4,7H,5-6,8-9H2,1-2H3. The highest BCUT2D eigenvalue weighted by Crippen LogP contribution is 2.40. The van der Waals surface area contributed by atoms with E-state index in [0.29, 0.717) is 36.6 Å². The second-order valence-electron chi connectivity index (χ2n) is 5.39. The Morgan fingerprint density at radius 2 is 2.19 bits per heavy atom. The van der Waals surface area contributed by atoms with Crippen molar-refractivity contribution < 1.29 is 23.8 Å². The van der Waals surface area contributed by atoms with Crippen LogP contribution in [0.4, 0.5) is 4.79 Å². The third-order valence-corrected chi connectivity index (χ3v) is 4.05. The molecule has 0 saturated carbocycles. The molecule has 6 nitrogen and oxygen atoms in total. The quantitative estimate of drug-likeness (QED) is 0.790. The fraction of sp³-hybridized carbons (Fsp3) is 0.467. The van der Waals surface area contributed by atoms with Crippen molar-refractivity contribution in [2.45, 2.75) is 18.4 Å². The van der Waals surface area contributed by atoms with Gasteiger partial charge in [0.25, 0.3) is 0 Å². The average molecular weight is 291 g/mol. The molecule has 0 bridgehead atoms. The largest absolute Gasteiger partial charge is 0.497 e. The van der Waals surface area contributed by atoms with E-state index in [1.165, 1.54) is 7.11 Å². The number of ketones is 1. The molecule has 1 unspecified atom stereocenters. The number of Topliss-reactive ketones (excluding diaryl/α,β-unsaturated/α-hetero) is 1. The first-order valence-electron chi connectivity index (χ1n) is 6.80. The van der Waals surface area contributed by atoms with Crippen molar-refractivity contribution in [3.05, 3.63) is 23.8 Å². The maximum absolute atomic E-state index is 12.4. The number of methoxy groups -OCH3 is 2. The summed E-state index contributed by atoms with van der Waals surface area (Å²) in [5.41, 5.74) is -0.0937. The number of amides is 1. The van der Waals surface area contributed by atoms with Gasteiger partial charge >= 0.3 is 6.09 Å². The molecule has 1 atom stereocenters. The van der Waals surface area contributed by atoms with Gasteiger partial charge in [0.05, 0.1) is 32.7 Å². The number of hydrogen-bond acceptors (Lipinski definition) is 5. The molecular weight excluding hydrogens is 274 g/mol. The van der Waals surface area contributed by atoms with Crippen molar-refractivity contribution in [2.24, 2.45) is 0 Å². The first-order chi connectivity index (χ1) is 10.1. The second kappa shape index (κ2) is 4.95. The summed E-state index contributed by atoms with van der Waals surface area (Å²) in [6.45, 7) is 0.905. The van der Waals surface area contributed by atoms with Gasteiger partial charge < -0.3 is 19.1 Å². The zero-order chi connectivity index (χ0) is 15.0. The Labute approximate surface area is 122 Å². The smallest absolute Gasteiger partial charge is 0.409 e. The topological polar surface area (TPSA) is 65.1 Å². The molecule has 6 heteroatoms. The Kier molecular flexibility index (Phi) is 3.23. The molecule has 2 aliphatic rings. The molecule has 1 fully saturated rings. The molecule has 2 heterocycles. The third-order valence-electron chi connectivity index (χ3n) is 4.05. The molecule has 2 aliphatic heterocycles. The number of carbonyl (C=O) groups is 2. The number of fused-ring (bicyclic) bond motifs is 1. The minimum atomic E-state index is -0.632. The highest BCUT2D eigenvalue weighted by molar-refractivity contribution is 6.00. The molecule has 0 radical (unpaired) electrons. The summed E-state index contributed by atoms with van der Waals surface area (Å²) in [4.78, 5) is 25.6. The summed E-state index contributed by atoms with van der Waals surface area (Å²) < 4.78 is 15.9. The molecule has 0 aromatic heterocycles. The highest BCUT2D eigenvalue weighted by atomic mass is 16.5.